The van der Waals surface area contributed by atoms with Crippen LogP contribution >= 0.6 is 0 Å². The van der Waals surface area contributed by atoms with E-state index in [2.05, 4.69) is 27.7 Å². The summed E-state index contributed by atoms with van der Waals surface area (Å²) in [5.41, 5.74) is -0.0743. The number of imide groups is 1. The van der Waals surface area contributed by atoms with E-state index in [1.807, 2.05) is 18.7 Å². The SMILES string of the molecule is CCN1C(=O)[C@@H]2[C@H](N(CC)C1=O)C(C)(C)C2(C)C. The molecule has 4 heteroatoms. The molecular weight excluding hydrogens is 228 g/mol. The van der Waals surface area contributed by atoms with E-state index >= 15 is 0 Å². The third kappa shape index (κ3) is 1.26. The Labute approximate surface area is 109 Å². The van der Waals surface area contributed by atoms with Gasteiger partial charge < -0.3 is 4.90 Å². The van der Waals surface area contributed by atoms with Crippen LogP contribution in [0.4, 0.5) is 4.79 Å². The molecular formula is C14H24N2O2. The van der Waals surface area contributed by atoms with E-state index in [9.17, 15) is 9.59 Å². The van der Waals surface area contributed by atoms with Crippen molar-refractivity contribution in [3.63, 3.8) is 0 Å². The Morgan fingerprint density at radius 2 is 1.56 bits per heavy atom. The second kappa shape index (κ2) is 3.72. The third-order valence-electron chi connectivity index (χ3n) is 5.49. The van der Waals surface area contributed by atoms with Crippen molar-refractivity contribution in [3.05, 3.63) is 0 Å². The number of hydrogen-bond donors (Lipinski definition) is 0. The zero-order valence-electron chi connectivity index (χ0n) is 12.3. The van der Waals surface area contributed by atoms with Crippen LogP contribution in [0, 0.1) is 16.7 Å². The number of hydrogen-bond acceptors (Lipinski definition) is 2. The van der Waals surface area contributed by atoms with Gasteiger partial charge in [0.2, 0.25) is 5.91 Å². The molecule has 2 atom stereocenters. The molecule has 0 unspecified atom stereocenters. The van der Waals surface area contributed by atoms with E-state index in [1.54, 1.807) is 0 Å². The predicted octanol–water partition coefficient (Wildman–Crippen LogP) is 2.34. The Balaban J connectivity index is 2.45. The Morgan fingerprint density at radius 1 is 1.00 bits per heavy atom. The van der Waals surface area contributed by atoms with E-state index < -0.39 is 0 Å². The quantitative estimate of drug-likeness (QED) is 0.757. The molecule has 0 bridgehead atoms. The summed E-state index contributed by atoms with van der Waals surface area (Å²) >= 11 is 0. The molecule has 2 aliphatic rings. The molecule has 1 aliphatic heterocycles. The lowest BCUT2D eigenvalue weighted by molar-refractivity contribution is -0.201. The summed E-state index contributed by atoms with van der Waals surface area (Å²) < 4.78 is 0. The topological polar surface area (TPSA) is 40.6 Å². The Hall–Kier alpha value is -1.06. The number of nitrogens with zero attached hydrogens (tertiary/aromatic N) is 2. The Kier molecular flexibility index (Phi) is 2.76. The molecule has 1 aliphatic carbocycles. The van der Waals surface area contributed by atoms with Crippen LogP contribution in [0.25, 0.3) is 0 Å². The van der Waals surface area contributed by atoms with Crippen LogP contribution in [0.1, 0.15) is 41.5 Å². The molecule has 3 amide bonds. The van der Waals surface area contributed by atoms with Gasteiger partial charge in [-0.05, 0) is 24.7 Å². The van der Waals surface area contributed by atoms with Crippen molar-refractivity contribution in [2.24, 2.45) is 16.7 Å². The van der Waals surface area contributed by atoms with Gasteiger partial charge in [-0.15, -0.1) is 0 Å². The fourth-order valence-electron chi connectivity index (χ4n) is 3.67. The summed E-state index contributed by atoms with van der Waals surface area (Å²) in [5.74, 6) is -0.0355. The van der Waals surface area contributed by atoms with Crippen LogP contribution in [-0.2, 0) is 4.79 Å². The molecule has 2 fully saturated rings. The number of urea groups is 1. The number of carbonyl (C=O) groups excluding carboxylic acids is 2. The molecule has 1 heterocycles. The van der Waals surface area contributed by atoms with Gasteiger partial charge in [0.05, 0.1) is 12.0 Å². The van der Waals surface area contributed by atoms with Crippen molar-refractivity contribution < 1.29 is 9.59 Å². The average Bonchev–Trinajstić information content (AvgIpc) is 2.28. The number of rotatable bonds is 2. The van der Waals surface area contributed by atoms with Gasteiger partial charge in [-0.1, -0.05) is 27.7 Å². The Morgan fingerprint density at radius 3 is 2.00 bits per heavy atom. The van der Waals surface area contributed by atoms with Gasteiger partial charge in [0, 0.05) is 13.1 Å². The molecule has 0 aromatic rings. The van der Waals surface area contributed by atoms with Gasteiger partial charge in [0.25, 0.3) is 0 Å². The first kappa shape index (κ1) is 13.4. The molecule has 1 saturated heterocycles. The van der Waals surface area contributed by atoms with Crippen LogP contribution < -0.4 is 0 Å². The molecule has 0 aromatic heterocycles. The molecule has 0 radical (unpaired) electrons. The smallest absolute Gasteiger partial charge is 0.320 e. The normalized spacial score (nSPS) is 33.2. The van der Waals surface area contributed by atoms with Crippen molar-refractivity contribution in [1.82, 2.24) is 9.80 Å². The average molecular weight is 252 g/mol. The van der Waals surface area contributed by atoms with Crippen molar-refractivity contribution in [3.8, 4) is 0 Å². The monoisotopic (exact) mass is 252 g/mol. The highest BCUT2D eigenvalue weighted by atomic mass is 16.2. The van der Waals surface area contributed by atoms with Crippen molar-refractivity contribution in [2.45, 2.75) is 47.6 Å². The van der Waals surface area contributed by atoms with Crippen LogP contribution in [0.5, 0.6) is 0 Å². The van der Waals surface area contributed by atoms with E-state index in [-0.39, 0.29) is 34.7 Å². The Bertz CT molecular complexity index is 401. The van der Waals surface area contributed by atoms with Crippen molar-refractivity contribution in [2.75, 3.05) is 13.1 Å². The lowest BCUT2D eigenvalue weighted by atomic mass is 9.42. The number of carbonyl (C=O) groups is 2. The van der Waals surface area contributed by atoms with E-state index in [0.29, 0.717) is 13.1 Å². The number of fused-ring (bicyclic) bond motifs is 1. The molecule has 0 N–H and O–H groups in total. The minimum Gasteiger partial charge on any atom is -0.320 e. The van der Waals surface area contributed by atoms with Gasteiger partial charge in [-0.3, -0.25) is 9.69 Å². The first-order valence-electron chi connectivity index (χ1n) is 6.83. The maximum Gasteiger partial charge on any atom is 0.326 e. The standard InChI is InChI=1S/C14H24N2O2/c1-7-15-10-9(13(3,4)14(10,5)6)11(17)16(8-2)12(15)18/h9-10H,7-8H2,1-6H3/t9-,10-/m0/s1. The summed E-state index contributed by atoms with van der Waals surface area (Å²) in [6.07, 6.45) is 0. The lowest BCUT2D eigenvalue weighted by Crippen LogP contribution is -2.78. The molecule has 18 heavy (non-hydrogen) atoms. The molecule has 4 nitrogen and oxygen atoms in total. The molecule has 2 rings (SSSR count). The first-order valence-corrected chi connectivity index (χ1v) is 6.83. The van der Waals surface area contributed by atoms with Gasteiger partial charge >= 0.3 is 6.03 Å². The van der Waals surface area contributed by atoms with Crippen molar-refractivity contribution >= 4 is 11.9 Å². The van der Waals surface area contributed by atoms with Crippen LogP contribution in [-0.4, -0.2) is 40.9 Å². The van der Waals surface area contributed by atoms with Crippen LogP contribution in [0.15, 0.2) is 0 Å². The maximum atomic E-state index is 12.5. The summed E-state index contributed by atoms with van der Waals surface area (Å²) in [6.45, 7) is 13.6. The highest BCUT2D eigenvalue weighted by Gasteiger charge is 2.70. The van der Waals surface area contributed by atoms with E-state index in [1.165, 1.54) is 4.90 Å². The minimum absolute atomic E-state index is 0.0151. The second-order valence-electron chi connectivity index (χ2n) is 6.52. The highest BCUT2D eigenvalue weighted by molar-refractivity contribution is 6.00. The summed E-state index contributed by atoms with van der Waals surface area (Å²) in [7, 11) is 0. The molecule has 102 valence electrons. The zero-order valence-corrected chi connectivity index (χ0v) is 12.3. The summed E-state index contributed by atoms with van der Waals surface area (Å²) in [6, 6.07) is -0.0601. The fourth-order valence-corrected chi connectivity index (χ4v) is 3.67. The van der Waals surface area contributed by atoms with Gasteiger partial charge in [-0.2, -0.15) is 0 Å². The molecule has 0 aromatic carbocycles. The lowest BCUT2D eigenvalue weighted by Gasteiger charge is -2.69. The van der Waals surface area contributed by atoms with Crippen LogP contribution in [0.2, 0.25) is 0 Å². The third-order valence-corrected chi connectivity index (χ3v) is 5.49. The minimum atomic E-state index is -0.116. The van der Waals surface area contributed by atoms with Gasteiger partial charge in [0.1, 0.15) is 0 Å². The molecule has 0 spiro atoms. The van der Waals surface area contributed by atoms with E-state index in [0.717, 1.165) is 0 Å². The van der Waals surface area contributed by atoms with Crippen molar-refractivity contribution in [1.29, 1.82) is 0 Å². The second-order valence-corrected chi connectivity index (χ2v) is 6.52. The maximum absolute atomic E-state index is 12.5. The number of amides is 3. The van der Waals surface area contributed by atoms with Crippen LogP contribution in [0.3, 0.4) is 0 Å². The van der Waals surface area contributed by atoms with Gasteiger partial charge in [0.15, 0.2) is 0 Å². The fraction of sp³-hybridized carbons (Fsp3) is 0.857. The predicted molar refractivity (Wildman–Crippen MR) is 70.0 cm³/mol. The van der Waals surface area contributed by atoms with Gasteiger partial charge in [-0.25, -0.2) is 4.79 Å². The molecule has 1 saturated carbocycles. The summed E-state index contributed by atoms with van der Waals surface area (Å²) in [5, 5.41) is 0. The summed E-state index contributed by atoms with van der Waals surface area (Å²) in [4.78, 5) is 28.1. The zero-order chi connectivity index (χ0) is 13.9. The highest BCUT2D eigenvalue weighted by Crippen LogP contribution is 2.63. The first-order chi connectivity index (χ1) is 8.21. The largest absolute Gasteiger partial charge is 0.326 e. The van der Waals surface area contributed by atoms with E-state index in [4.69, 9.17) is 0 Å².